The van der Waals surface area contributed by atoms with Crippen LogP contribution in [0.15, 0.2) is 72.8 Å². The molecule has 76 valence electrons. The van der Waals surface area contributed by atoms with E-state index in [1.165, 1.54) is 0 Å². The lowest BCUT2D eigenvalue weighted by Gasteiger charge is -2.11. The second kappa shape index (κ2) is 4.91. The Morgan fingerprint density at radius 1 is 0.667 bits per heavy atom. The molecule has 0 radical (unpaired) electrons. The standard InChI is InChI=1S/C12H12N2O/c1-3-7-11(13-9-5-1)15-12-8-4-2-6-10-14-12/h1-10,13-14H. The number of rotatable bonds is 2. The summed E-state index contributed by atoms with van der Waals surface area (Å²) in [6.45, 7) is 0. The first-order chi connectivity index (χ1) is 7.45. The van der Waals surface area contributed by atoms with E-state index in [-0.39, 0.29) is 0 Å². The molecule has 0 amide bonds. The van der Waals surface area contributed by atoms with E-state index < -0.39 is 0 Å². The van der Waals surface area contributed by atoms with Crippen LogP contribution < -0.4 is 10.6 Å². The molecule has 0 aromatic heterocycles. The average Bonchev–Trinajstić information content (AvgIpc) is 2.63. The lowest BCUT2D eigenvalue weighted by Crippen LogP contribution is -2.14. The van der Waals surface area contributed by atoms with E-state index in [4.69, 9.17) is 4.74 Å². The number of nitrogens with one attached hydrogen (secondary N) is 2. The maximum Gasteiger partial charge on any atom is 0.199 e. The van der Waals surface area contributed by atoms with Gasteiger partial charge in [-0.1, -0.05) is 24.3 Å². The first kappa shape index (κ1) is 9.40. The monoisotopic (exact) mass is 200 g/mol. The van der Waals surface area contributed by atoms with E-state index in [9.17, 15) is 0 Å². The van der Waals surface area contributed by atoms with Crippen molar-refractivity contribution in [2.75, 3.05) is 0 Å². The van der Waals surface area contributed by atoms with Gasteiger partial charge in [0, 0.05) is 12.4 Å². The van der Waals surface area contributed by atoms with E-state index in [0.717, 1.165) is 0 Å². The Morgan fingerprint density at radius 2 is 1.20 bits per heavy atom. The zero-order valence-corrected chi connectivity index (χ0v) is 8.18. The molecule has 0 unspecified atom stereocenters. The summed E-state index contributed by atoms with van der Waals surface area (Å²) in [4.78, 5) is 0. The topological polar surface area (TPSA) is 33.3 Å². The molecule has 3 heteroatoms. The van der Waals surface area contributed by atoms with Crippen LogP contribution in [-0.2, 0) is 4.74 Å². The van der Waals surface area contributed by atoms with Crippen LogP contribution in [0.1, 0.15) is 0 Å². The second-order valence-corrected chi connectivity index (χ2v) is 2.94. The van der Waals surface area contributed by atoms with Gasteiger partial charge >= 0.3 is 0 Å². The number of allylic oxidation sites excluding steroid dienone is 8. The van der Waals surface area contributed by atoms with Crippen molar-refractivity contribution < 1.29 is 4.74 Å². The first-order valence-electron chi connectivity index (χ1n) is 4.73. The highest BCUT2D eigenvalue weighted by Crippen LogP contribution is 2.05. The number of hydrogen-bond acceptors (Lipinski definition) is 3. The predicted octanol–water partition coefficient (Wildman–Crippen LogP) is 2.03. The first-order valence-corrected chi connectivity index (χ1v) is 4.73. The highest BCUT2D eigenvalue weighted by atomic mass is 16.5. The van der Waals surface area contributed by atoms with Crippen LogP contribution >= 0.6 is 0 Å². The third-order valence-corrected chi connectivity index (χ3v) is 1.80. The maximum absolute atomic E-state index is 5.59. The Bertz CT molecular complexity index is 360. The molecule has 0 spiro atoms. The summed E-state index contributed by atoms with van der Waals surface area (Å²) >= 11 is 0. The zero-order chi connectivity index (χ0) is 10.3. The summed E-state index contributed by atoms with van der Waals surface area (Å²) in [5, 5.41) is 6.03. The van der Waals surface area contributed by atoms with Gasteiger partial charge in [-0.05, 0) is 24.3 Å². The maximum atomic E-state index is 5.59. The Kier molecular flexibility index (Phi) is 3.07. The molecule has 2 N–H and O–H groups in total. The average molecular weight is 200 g/mol. The molecule has 2 heterocycles. The highest BCUT2D eigenvalue weighted by molar-refractivity contribution is 5.22. The summed E-state index contributed by atoms with van der Waals surface area (Å²) in [5.41, 5.74) is 0. The van der Waals surface area contributed by atoms with Crippen molar-refractivity contribution in [1.82, 2.24) is 10.6 Å². The minimum Gasteiger partial charge on any atom is -0.425 e. The van der Waals surface area contributed by atoms with Crippen molar-refractivity contribution in [3.63, 3.8) is 0 Å². The van der Waals surface area contributed by atoms with Gasteiger partial charge in [-0.2, -0.15) is 0 Å². The van der Waals surface area contributed by atoms with E-state index in [1.54, 1.807) is 0 Å². The Balaban J connectivity index is 2.02. The minimum atomic E-state index is 0.683. The van der Waals surface area contributed by atoms with Crippen LogP contribution in [0.4, 0.5) is 0 Å². The van der Waals surface area contributed by atoms with Crippen LogP contribution in [0.3, 0.4) is 0 Å². The van der Waals surface area contributed by atoms with Crippen molar-refractivity contribution in [1.29, 1.82) is 0 Å². The SMILES string of the molecule is C1=CC=C(OC2=CC=CC=CN2)NC=C1. The van der Waals surface area contributed by atoms with Gasteiger partial charge in [0.1, 0.15) is 0 Å². The van der Waals surface area contributed by atoms with E-state index in [1.807, 2.05) is 61.0 Å². The van der Waals surface area contributed by atoms with Crippen LogP contribution in [0, 0.1) is 0 Å². The van der Waals surface area contributed by atoms with Gasteiger partial charge in [0.15, 0.2) is 11.8 Å². The lowest BCUT2D eigenvalue weighted by atomic mass is 10.5. The smallest absolute Gasteiger partial charge is 0.199 e. The quantitative estimate of drug-likeness (QED) is 0.715. The molecular formula is C12H12N2O. The fourth-order valence-electron chi connectivity index (χ4n) is 1.13. The molecule has 3 nitrogen and oxygen atoms in total. The van der Waals surface area contributed by atoms with Crippen LogP contribution in [0.5, 0.6) is 0 Å². The summed E-state index contributed by atoms with van der Waals surface area (Å²) in [7, 11) is 0. The second-order valence-electron chi connectivity index (χ2n) is 2.94. The van der Waals surface area contributed by atoms with Crippen molar-refractivity contribution in [3.05, 3.63) is 72.8 Å². The molecule has 2 rings (SSSR count). The molecule has 0 aliphatic carbocycles. The van der Waals surface area contributed by atoms with Gasteiger partial charge < -0.3 is 15.4 Å². The minimum absolute atomic E-state index is 0.683. The molecule has 2 aliphatic rings. The molecule has 0 aromatic rings. The van der Waals surface area contributed by atoms with Gasteiger partial charge in [-0.25, -0.2) is 0 Å². The molecule has 15 heavy (non-hydrogen) atoms. The third kappa shape index (κ3) is 2.91. The van der Waals surface area contributed by atoms with Gasteiger partial charge in [0.2, 0.25) is 0 Å². The van der Waals surface area contributed by atoms with Crippen LogP contribution in [-0.4, -0.2) is 0 Å². The van der Waals surface area contributed by atoms with Crippen molar-refractivity contribution in [3.8, 4) is 0 Å². The molecule has 0 saturated heterocycles. The molecular weight excluding hydrogens is 188 g/mol. The van der Waals surface area contributed by atoms with Crippen LogP contribution in [0.25, 0.3) is 0 Å². The van der Waals surface area contributed by atoms with Crippen molar-refractivity contribution in [2.45, 2.75) is 0 Å². The van der Waals surface area contributed by atoms with E-state index >= 15 is 0 Å². The normalized spacial score (nSPS) is 18.1. The van der Waals surface area contributed by atoms with Gasteiger partial charge in [-0.15, -0.1) is 0 Å². The molecule has 0 bridgehead atoms. The van der Waals surface area contributed by atoms with Crippen molar-refractivity contribution in [2.24, 2.45) is 0 Å². The highest BCUT2D eigenvalue weighted by Gasteiger charge is 2.00. The third-order valence-electron chi connectivity index (χ3n) is 1.80. The predicted molar refractivity (Wildman–Crippen MR) is 60.1 cm³/mol. The zero-order valence-electron chi connectivity index (χ0n) is 8.18. The summed E-state index contributed by atoms with van der Waals surface area (Å²) in [6, 6.07) is 0. The van der Waals surface area contributed by atoms with Crippen molar-refractivity contribution >= 4 is 0 Å². The number of ether oxygens (including phenoxy) is 1. The molecule has 0 aromatic carbocycles. The molecule has 2 aliphatic heterocycles. The summed E-state index contributed by atoms with van der Waals surface area (Å²) in [5.74, 6) is 1.37. The molecule has 0 saturated carbocycles. The molecule has 0 fully saturated rings. The molecule has 0 atom stereocenters. The van der Waals surface area contributed by atoms with Crippen LogP contribution in [0.2, 0.25) is 0 Å². The van der Waals surface area contributed by atoms with Gasteiger partial charge in [0.05, 0.1) is 0 Å². The Morgan fingerprint density at radius 3 is 1.73 bits per heavy atom. The summed E-state index contributed by atoms with van der Waals surface area (Å²) in [6.07, 6.45) is 18.8. The van der Waals surface area contributed by atoms with Gasteiger partial charge in [0.25, 0.3) is 0 Å². The van der Waals surface area contributed by atoms with E-state index in [0.29, 0.717) is 11.8 Å². The van der Waals surface area contributed by atoms with Gasteiger partial charge in [-0.3, -0.25) is 0 Å². The van der Waals surface area contributed by atoms with E-state index in [2.05, 4.69) is 10.6 Å². The Labute approximate surface area is 88.8 Å². The Hall–Kier alpha value is -2.16. The largest absolute Gasteiger partial charge is 0.425 e. The lowest BCUT2D eigenvalue weighted by molar-refractivity contribution is 0.268. The summed E-state index contributed by atoms with van der Waals surface area (Å²) < 4.78 is 5.59. The fraction of sp³-hybridized carbons (Fsp3) is 0. The number of hydrogen-bond donors (Lipinski definition) is 2. The fourth-order valence-corrected chi connectivity index (χ4v) is 1.13.